The predicted octanol–water partition coefficient (Wildman–Crippen LogP) is 2.94. The predicted molar refractivity (Wildman–Crippen MR) is 94.8 cm³/mol. The van der Waals surface area contributed by atoms with Crippen LogP contribution in [0.3, 0.4) is 0 Å². The molecule has 0 bridgehead atoms. The minimum atomic E-state index is -0.374. The topological polar surface area (TPSA) is 64.2 Å². The van der Waals surface area contributed by atoms with Crippen LogP contribution in [0.4, 0.5) is 0 Å². The summed E-state index contributed by atoms with van der Waals surface area (Å²) in [5.74, 6) is 1.24. The number of nitrogens with zero attached hydrogens (tertiary/aromatic N) is 3. The second-order valence-corrected chi connectivity index (χ2v) is 6.94. The van der Waals surface area contributed by atoms with Gasteiger partial charge in [-0.15, -0.1) is 0 Å². The molecule has 0 spiro atoms. The molecule has 0 aliphatic carbocycles. The van der Waals surface area contributed by atoms with Crippen molar-refractivity contribution in [1.82, 2.24) is 14.5 Å². The fraction of sp³-hybridized carbons (Fsp3) is 0.474. The molecule has 2 heterocycles. The van der Waals surface area contributed by atoms with Crippen LogP contribution in [-0.2, 0) is 6.54 Å². The molecule has 5 heteroatoms. The quantitative estimate of drug-likeness (QED) is 0.919. The Balaban J connectivity index is 1.67. The van der Waals surface area contributed by atoms with Gasteiger partial charge in [-0.25, -0.2) is 4.98 Å². The fourth-order valence-electron chi connectivity index (χ4n) is 3.51. The van der Waals surface area contributed by atoms with Gasteiger partial charge in [0.05, 0.1) is 0 Å². The van der Waals surface area contributed by atoms with E-state index in [2.05, 4.69) is 34.5 Å². The zero-order valence-corrected chi connectivity index (χ0v) is 14.5. The number of carbonyl (C=O) groups excluding carboxylic acids is 1. The van der Waals surface area contributed by atoms with E-state index in [1.54, 1.807) is 0 Å². The van der Waals surface area contributed by atoms with Crippen molar-refractivity contribution in [3.05, 3.63) is 53.6 Å². The van der Waals surface area contributed by atoms with Crippen molar-refractivity contribution < 1.29 is 4.79 Å². The van der Waals surface area contributed by atoms with Crippen molar-refractivity contribution in [3.8, 4) is 0 Å². The number of imidazole rings is 1. The van der Waals surface area contributed by atoms with Crippen molar-refractivity contribution in [2.75, 3.05) is 13.1 Å². The summed E-state index contributed by atoms with van der Waals surface area (Å²) in [5.41, 5.74) is 7.08. The Morgan fingerprint density at radius 2 is 2.08 bits per heavy atom. The Labute approximate surface area is 143 Å². The third kappa shape index (κ3) is 3.67. The van der Waals surface area contributed by atoms with Crippen molar-refractivity contribution in [1.29, 1.82) is 0 Å². The van der Waals surface area contributed by atoms with Gasteiger partial charge in [0.2, 0.25) is 5.91 Å². The molecule has 1 saturated heterocycles. The third-order valence-corrected chi connectivity index (χ3v) is 4.73. The average molecular weight is 326 g/mol. The lowest BCUT2D eigenvalue weighted by molar-refractivity contribution is 0.100. The van der Waals surface area contributed by atoms with Gasteiger partial charge >= 0.3 is 0 Å². The highest BCUT2D eigenvalue weighted by Gasteiger charge is 2.23. The molecule has 1 aromatic carbocycles. The van der Waals surface area contributed by atoms with E-state index < -0.39 is 0 Å². The number of nitrogens with two attached hydrogens (primary N) is 1. The second kappa shape index (κ2) is 7.18. The first-order valence-electron chi connectivity index (χ1n) is 8.68. The minimum absolute atomic E-state index is 0.374. The SMILES string of the molecule is CC(C)c1nccn1C1CCCN(Cc2ccc(C(N)=O)cc2)C1. The number of likely N-dealkylation sites (tertiary alicyclic amines) is 1. The van der Waals surface area contributed by atoms with Crippen LogP contribution >= 0.6 is 0 Å². The molecule has 1 aliphatic rings. The van der Waals surface area contributed by atoms with E-state index in [0.29, 0.717) is 17.5 Å². The highest BCUT2D eigenvalue weighted by Crippen LogP contribution is 2.26. The Morgan fingerprint density at radius 3 is 2.75 bits per heavy atom. The van der Waals surface area contributed by atoms with Gasteiger partial charge in [-0.1, -0.05) is 26.0 Å². The van der Waals surface area contributed by atoms with Crippen molar-refractivity contribution >= 4 is 5.91 Å². The molecule has 1 unspecified atom stereocenters. The van der Waals surface area contributed by atoms with Gasteiger partial charge in [-0.05, 0) is 37.1 Å². The maximum absolute atomic E-state index is 11.2. The van der Waals surface area contributed by atoms with Crippen LogP contribution in [0, 0.1) is 0 Å². The van der Waals surface area contributed by atoms with E-state index in [0.717, 1.165) is 19.6 Å². The van der Waals surface area contributed by atoms with E-state index in [4.69, 9.17) is 5.73 Å². The number of benzene rings is 1. The fourth-order valence-corrected chi connectivity index (χ4v) is 3.51. The Kier molecular flexibility index (Phi) is 5.00. The lowest BCUT2D eigenvalue weighted by atomic mass is 10.0. The summed E-state index contributed by atoms with van der Waals surface area (Å²) in [6.45, 7) is 7.44. The first-order valence-corrected chi connectivity index (χ1v) is 8.68. The Morgan fingerprint density at radius 1 is 1.33 bits per heavy atom. The number of amides is 1. The summed E-state index contributed by atoms with van der Waals surface area (Å²) in [6.07, 6.45) is 6.43. The molecule has 3 rings (SSSR count). The molecule has 128 valence electrons. The van der Waals surface area contributed by atoms with Crippen molar-refractivity contribution in [2.45, 2.75) is 45.2 Å². The number of carbonyl (C=O) groups is 1. The van der Waals surface area contributed by atoms with Crippen LogP contribution in [0.1, 0.15) is 60.4 Å². The van der Waals surface area contributed by atoms with E-state index in [-0.39, 0.29) is 5.91 Å². The first-order chi connectivity index (χ1) is 11.5. The van der Waals surface area contributed by atoms with Gasteiger partial charge in [0.15, 0.2) is 0 Å². The van der Waals surface area contributed by atoms with E-state index in [9.17, 15) is 4.79 Å². The molecular formula is C19H26N4O. The van der Waals surface area contributed by atoms with Crippen LogP contribution < -0.4 is 5.73 Å². The maximum Gasteiger partial charge on any atom is 0.248 e. The first kappa shape index (κ1) is 16.7. The van der Waals surface area contributed by atoms with Crippen LogP contribution in [0.5, 0.6) is 0 Å². The van der Waals surface area contributed by atoms with Gasteiger partial charge < -0.3 is 10.3 Å². The van der Waals surface area contributed by atoms with Crippen LogP contribution in [0.2, 0.25) is 0 Å². The minimum Gasteiger partial charge on any atom is -0.366 e. The molecule has 2 N–H and O–H groups in total. The van der Waals surface area contributed by atoms with Crippen LogP contribution in [0.15, 0.2) is 36.7 Å². The molecule has 1 aromatic heterocycles. The van der Waals surface area contributed by atoms with Gasteiger partial charge in [0, 0.05) is 43.0 Å². The maximum atomic E-state index is 11.2. The monoisotopic (exact) mass is 326 g/mol. The molecule has 0 saturated carbocycles. The lowest BCUT2D eigenvalue weighted by Gasteiger charge is -2.34. The second-order valence-electron chi connectivity index (χ2n) is 6.94. The number of hydrogen-bond donors (Lipinski definition) is 1. The van der Waals surface area contributed by atoms with Crippen LogP contribution in [0.25, 0.3) is 0 Å². The Hall–Kier alpha value is -2.14. The molecule has 1 atom stereocenters. The van der Waals surface area contributed by atoms with Gasteiger partial charge in [-0.2, -0.15) is 0 Å². The summed E-state index contributed by atoms with van der Waals surface area (Å²) in [6, 6.07) is 8.11. The molecule has 1 fully saturated rings. The number of piperidine rings is 1. The highest BCUT2D eigenvalue weighted by atomic mass is 16.1. The van der Waals surface area contributed by atoms with Gasteiger partial charge in [-0.3, -0.25) is 9.69 Å². The third-order valence-electron chi connectivity index (χ3n) is 4.73. The molecule has 2 aromatic rings. The zero-order chi connectivity index (χ0) is 17.1. The smallest absolute Gasteiger partial charge is 0.248 e. The molecule has 1 aliphatic heterocycles. The summed E-state index contributed by atoms with van der Waals surface area (Å²) < 4.78 is 2.35. The molecule has 24 heavy (non-hydrogen) atoms. The lowest BCUT2D eigenvalue weighted by Crippen LogP contribution is -2.36. The standard InChI is InChI=1S/C19H26N4O/c1-14(2)19-21-9-11-23(19)17-4-3-10-22(13-17)12-15-5-7-16(8-6-15)18(20)24/h5-9,11,14,17H,3-4,10,12-13H2,1-2H3,(H2,20,24). The molecular weight excluding hydrogens is 300 g/mol. The average Bonchev–Trinajstić information content (AvgIpc) is 3.05. The largest absolute Gasteiger partial charge is 0.366 e. The Bertz CT molecular complexity index is 690. The van der Waals surface area contributed by atoms with E-state index >= 15 is 0 Å². The molecule has 5 nitrogen and oxygen atoms in total. The number of aromatic nitrogens is 2. The van der Waals surface area contributed by atoms with Crippen LogP contribution in [-0.4, -0.2) is 33.4 Å². The zero-order valence-electron chi connectivity index (χ0n) is 14.5. The summed E-state index contributed by atoms with van der Waals surface area (Å²) in [7, 11) is 0. The molecule has 1 amide bonds. The normalized spacial score (nSPS) is 18.9. The van der Waals surface area contributed by atoms with Crippen molar-refractivity contribution in [2.24, 2.45) is 5.73 Å². The number of rotatable bonds is 5. The van der Waals surface area contributed by atoms with E-state index in [1.807, 2.05) is 30.5 Å². The van der Waals surface area contributed by atoms with Crippen molar-refractivity contribution in [3.63, 3.8) is 0 Å². The highest BCUT2D eigenvalue weighted by molar-refractivity contribution is 5.92. The summed E-state index contributed by atoms with van der Waals surface area (Å²) in [5, 5.41) is 0. The number of hydrogen-bond acceptors (Lipinski definition) is 3. The molecule has 0 radical (unpaired) electrons. The van der Waals surface area contributed by atoms with E-state index in [1.165, 1.54) is 24.2 Å². The summed E-state index contributed by atoms with van der Waals surface area (Å²) >= 11 is 0. The van der Waals surface area contributed by atoms with Gasteiger partial charge in [0.25, 0.3) is 0 Å². The summed E-state index contributed by atoms with van der Waals surface area (Å²) in [4.78, 5) is 18.2. The number of primary amides is 1. The van der Waals surface area contributed by atoms with Gasteiger partial charge in [0.1, 0.15) is 5.82 Å².